The zero-order valence-corrected chi connectivity index (χ0v) is 10.8. The van der Waals surface area contributed by atoms with E-state index in [-0.39, 0.29) is 0 Å². The van der Waals surface area contributed by atoms with Crippen molar-refractivity contribution in [2.24, 2.45) is 17.8 Å². The van der Waals surface area contributed by atoms with Crippen LogP contribution < -0.4 is 0 Å². The highest BCUT2D eigenvalue weighted by Gasteiger charge is 2.47. The summed E-state index contributed by atoms with van der Waals surface area (Å²) in [6.45, 7) is 10.8. The first-order valence-electron chi connectivity index (χ1n) is 6.53. The quantitative estimate of drug-likeness (QED) is 0.668. The third kappa shape index (κ3) is 1.75. The van der Waals surface area contributed by atoms with E-state index in [0.717, 1.165) is 24.8 Å². The summed E-state index contributed by atoms with van der Waals surface area (Å²) in [4.78, 5) is 0. The minimum absolute atomic E-state index is 0.308. The predicted molar refractivity (Wildman–Crippen MR) is 68.1 cm³/mol. The van der Waals surface area contributed by atoms with Gasteiger partial charge >= 0.3 is 0 Å². The van der Waals surface area contributed by atoms with Crippen LogP contribution in [0, 0.1) is 17.8 Å². The smallest absolute Gasteiger partial charge is 0.0922 e. The van der Waals surface area contributed by atoms with Crippen LogP contribution in [0.2, 0.25) is 0 Å². The largest absolute Gasteiger partial charge is 0.385 e. The Kier molecular flexibility index (Phi) is 3.00. The number of hydrogen-bond donors (Lipinski definition) is 1. The number of aliphatic hydroxyl groups is 1. The van der Waals surface area contributed by atoms with Crippen molar-refractivity contribution < 1.29 is 5.11 Å². The number of fused-ring (bicyclic) bond motifs is 1. The van der Waals surface area contributed by atoms with Gasteiger partial charge in [0, 0.05) is 5.92 Å². The van der Waals surface area contributed by atoms with Crippen LogP contribution in [0.1, 0.15) is 46.5 Å². The summed E-state index contributed by atoms with van der Waals surface area (Å²) in [5.41, 5.74) is 1.90. The van der Waals surface area contributed by atoms with Crippen molar-refractivity contribution in [2.75, 3.05) is 0 Å². The highest BCUT2D eigenvalue weighted by Crippen LogP contribution is 2.49. The first kappa shape index (κ1) is 11.9. The second kappa shape index (κ2) is 4.03. The summed E-state index contributed by atoms with van der Waals surface area (Å²) in [5.74, 6) is 1.57. The molecule has 0 aromatic carbocycles. The SMILES string of the molecule is C=C1CC[C@@H](C(C)C)[C@@H]2C=C(C)CC[C@@]12O. The maximum absolute atomic E-state index is 10.9. The maximum Gasteiger partial charge on any atom is 0.0922 e. The van der Waals surface area contributed by atoms with E-state index >= 15 is 0 Å². The fraction of sp³-hybridized carbons (Fsp3) is 0.733. The molecule has 2 aliphatic rings. The van der Waals surface area contributed by atoms with Gasteiger partial charge in [0.1, 0.15) is 0 Å². The molecule has 0 radical (unpaired) electrons. The Labute approximate surface area is 99.3 Å². The van der Waals surface area contributed by atoms with Gasteiger partial charge in [0.2, 0.25) is 0 Å². The monoisotopic (exact) mass is 220 g/mol. The van der Waals surface area contributed by atoms with Gasteiger partial charge in [-0.05, 0) is 50.0 Å². The minimum Gasteiger partial charge on any atom is -0.385 e. The van der Waals surface area contributed by atoms with E-state index in [1.807, 2.05) is 0 Å². The topological polar surface area (TPSA) is 20.2 Å². The molecule has 0 aromatic heterocycles. The van der Waals surface area contributed by atoms with Gasteiger partial charge in [0.15, 0.2) is 0 Å². The van der Waals surface area contributed by atoms with E-state index < -0.39 is 5.60 Å². The molecule has 16 heavy (non-hydrogen) atoms. The van der Waals surface area contributed by atoms with Crippen LogP contribution in [0.25, 0.3) is 0 Å². The highest BCUT2D eigenvalue weighted by molar-refractivity contribution is 5.27. The van der Waals surface area contributed by atoms with E-state index in [2.05, 4.69) is 33.4 Å². The summed E-state index contributed by atoms with van der Waals surface area (Å²) in [6, 6.07) is 0. The lowest BCUT2D eigenvalue weighted by Crippen LogP contribution is -2.48. The average Bonchev–Trinajstić information content (AvgIpc) is 2.21. The van der Waals surface area contributed by atoms with Gasteiger partial charge in [-0.2, -0.15) is 0 Å². The molecule has 1 heteroatoms. The van der Waals surface area contributed by atoms with Gasteiger partial charge in [-0.3, -0.25) is 0 Å². The van der Waals surface area contributed by atoms with Crippen LogP contribution in [-0.2, 0) is 0 Å². The van der Waals surface area contributed by atoms with E-state index in [9.17, 15) is 5.11 Å². The molecule has 0 heterocycles. The van der Waals surface area contributed by atoms with E-state index in [0.29, 0.717) is 17.8 Å². The number of hydrogen-bond acceptors (Lipinski definition) is 1. The molecule has 1 N–H and O–H groups in total. The Morgan fingerprint density at radius 2 is 2.12 bits per heavy atom. The Morgan fingerprint density at radius 3 is 2.75 bits per heavy atom. The van der Waals surface area contributed by atoms with Gasteiger partial charge in [-0.25, -0.2) is 0 Å². The Bertz CT molecular complexity index is 326. The molecule has 0 spiro atoms. The maximum atomic E-state index is 10.9. The van der Waals surface area contributed by atoms with Crippen LogP contribution in [0.15, 0.2) is 23.8 Å². The molecule has 0 aliphatic heterocycles. The standard InChI is InChI=1S/C15H24O/c1-10(2)13-6-5-12(4)15(16)8-7-11(3)9-14(13)15/h9-10,13-14,16H,4-8H2,1-3H3/t13-,14-,15+/m0/s1. The van der Waals surface area contributed by atoms with Gasteiger partial charge in [-0.15, -0.1) is 0 Å². The third-order valence-corrected chi connectivity index (χ3v) is 4.63. The lowest BCUT2D eigenvalue weighted by Gasteiger charge is -2.49. The molecule has 2 rings (SSSR count). The van der Waals surface area contributed by atoms with Gasteiger partial charge in [-0.1, -0.05) is 32.1 Å². The van der Waals surface area contributed by atoms with Crippen LogP contribution >= 0.6 is 0 Å². The van der Waals surface area contributed by atoms with Gasteiger partial charge in [0.05, 0.1) is 5.60 Å². The fourth-order valence-electron chi connectivity index (χ4n) is 3.46. The van der Waals surface area contributed by atoms with Crippen molar-refractivity contribution in [3.63, 3.8) is 0 Å². The minimum atomic E-state index is -0.604. The van der Waals surface area contributed by atoms with E-state index in [1.165, 1.54) is 12.0 Å². The summed E-state index contributed by atoms with van der Waals surface area (Å²) >= 11 is 0. The summed E-state index contributed by atoms with van der Waals surface area (Å²) in [6.07, 6.45) is 6.41. The van der Waals surface area contributed by atoms with Crippen molar-refractivity contribution in [1.29, 1.82) is 0 Å². The normalized spacial score (nSPS) is 39.6. The molecule has 1 nitrogen and oxygen atoms in total. The second-order valence-electron chi connectivity index (χ2n) is 6.01. The van der Waals surface area contributed by atoms with Crippen molar-refractivity contribution in [2.45, 2.75) is 52.1 Å². The van der Waals surface area contributed by atoms with Crippen LogP contribution in [0.4, 0.5) is 0 Å². The number of allylic oxidation sites excluding steroid dienone is 1. The molecule has 90 valence electrons. The first-order chi connectivity index (χ1) is 7.45. The van der Waals surface area contributed by atoms with E-state index in [4.69, 9.17) is 0 Å². The van der Waals surface area contributed by atoms with Crippen LogP contribution in [0.3, 0.4) is 0 Å². The summed E-state index contributed by atoms with van der Waals surface area (Å²) < 4.78 is 0. The fourth-order valence-corrected chi connectivity index (χ4v) is 3.46. The molecular weight excluding hydrogens is 196 g/mol. The molecule has 0 unspecified atom stereocenters. The summed E-state index contributed by atoms with van der Waals surface area (Å²) in [7, 11) is 0. The van der Waals surface area contributed by atoms with Crippen molar-refractivity contribution in [3.8, 4) is 0 Å². The Morgan fingerprint density at radius 1 is 1.44 bits per heavy atom. The lowest BCUT2D eigenvalue weighted by molar-refractivity contribution is -0.0320. The average molecular weight is 220 g/mol. The van der Waals surface area contributed by atoms with E-state index in [1.54, 1.807) is 0 Å². The van der Waals surface area contributed by atoms with Crippen molar-refractivity contribution in [1.82, 2.24) is 0 Å². The molecule has 1 fully saturated rings. The zero-order chi connectivity index (χ0) is 11.9. The highest BCUT2D eigenvalue weighted by atomic mass is 16.3. The molecule has 1 saturated carbocycles. The third-order valence-electron chi connectivity index (χ3n) is 4.63. The Balaban J connectivity index is 2.36. The van der Waals surface area contributed by atoms with Gasteiger partial charge < -0.3 is 5.11 Å². The first-order valence-corrected chi connectivity index (χ1v) is 6.53. The van der Waals surface area contributed by atoms with Crippen molar-refractivity contribution in [3.05, 3.63) is 23.8 Å². The molecule has 0 bridgehead atoms. The molecular formula is C15H24O. The molecule has 0 aromatic rings. The van der Waals surface area contributed by atoms with Crippen molar-refractivity contribution >= 4 is 0 Å². The van der Waals surface area contributed by atoms with Crippen LogP contribution in [-0.4, -0.2) is 10.7 Å². The molecule has 0 amide bonds. The Hall–Kier alpha value is -0.560. The van der Waals surface area contributed by atoms with Crippen LogP contribution in [0.5, 0.6) is 0 Å². The lowest BCUT2D eigenvalue weighted by atomic mass is 9.59. The second-order valence-corrected chi connectivity index (χ2v) is 6.01. The summed E-state index contributed by atoms with van der Waals surface area (Å²) in [5, 5.41) is 10.9. The zero-order valence-electron chi connectivity index (χ0n) is 10.8. The molecule has 0 saturated heterocycles. The van der Waals surface area contributed by atoms with Gasteiger partial charge in [0.25, 0.3) is 0 Å². The number of rotatable bonds is 1. The molecule has 3 atom stereocenters. The molecule has 2 aliphatic carbocycles. The predicted octanol–water partition coefficient (Wildman–Crippen LogP) is 3.70.